The summed E-state index contributed by atoms with van der Waals surface area (Å²) in [5.74, 6) is 0.0546. The molecule has 2 N–H and O–H groups in total. The van der Waals surface area contributed by atoms with Crippen LogP contribution in [0.25, 0.3) is 0 Å². The number of rotatable bonds is 5. The van der Waals surface area contributed by atoms with Gasteiger partial charge in [0.1, 0.15) is 5.54 Å². The minimum Gasteiger partial charge on any atom is -0.359 e. The summed E-state index contributed by atoms with van der Waals surface area (Å²) in [4.78, 5) is 41.4. The second kappa shape index (κ2) is 6.32. The Hall–Kier alpha value is -2.11. The predicted octanol–water partition coefficient (Wildman–Crippen LogP) is 3.11. The Kier molecular flexibility index (Phi) is 4.47. The van der Waals surface area contributed by atoms with Gasteiger partial charge in [0.05, 0.1) is 12.2 Å². The Morgan fingerprint density at radius 1 is 1.32 bits per heavy atom. The SMILES string of the molecule is CCC(C)(C)C1CCC2(CC1)NC(=O)N(CC(=O)c1ccc[nH]1)C2=O. The van der Waals surface area contributed by atoms with E-state index in [1.807, 2.05) is 0 Å². The number of carbonyl (C=O) groups excluding carboxylic acids is 3. The number of hydrogen-bond donors (Lipinski definition) is 2. The number of nitrogens with one attached hydrogen (secondary N) is 2. The van der Waals surface area contributed by atoms with Crippen LogP contribution in [-0.4, -0.2) is 39.7 Å². The number of urea groups is 1. The van der Waals surface area contributed by atoms with Crippen molar-refractivity contribution in [1.29, 1.82) is 0 Å². The van der Waals surface area contributed by atoms with Gasteiger partial charge in [-0.1, -0.05) is 27.2 Å². The lowest BCUT2D eigenvalue weighted by molar-refractivity contribution is -0.132. The highest BCUT2D eigenvalue weighted by Crippen LogP contribution is 2.45. The fraction of sp³-hybridized carbons (Fsp3) is 0.632. The topological polar surface area (TPSA) is 82.3 Å². The number of aromatic amines is 1. The maximum atomic E-state index is 12.9. The fourth-order valence-corrected chi connectivity index (χ4v) is 4.07. The van der Waals surface area contributed by atoms with E-state index in [2.05, 4.69) is 31.1 Å². The lowest BCUT2D eigenvalue weighted by atomic mass is 9.65. The molecule has 3 amide bonds. The Bertz CT molecular complexity index is 670. The van der Waals surface area contributed by atoms with Gasteiger partial charge in [-0.15, -0.1) is 0 Å². The van der Waals surface area contributed by atoms with Crippen molar-refractivity contribution < 1.29 is 14.4 Å². The first-order valence-electron chi connectivity index (χ1n) is 9.10. The number of imide groups is 1. The summed E-state index contributed by atoms with van der Waals surface area (Å²) in [6.45, 7) is 6.52. The van der Waals surface area contributed by atoms with E-state index in [1.165, 1.54) is 0 Å². The molecule has 1 saturated carbocycles. The third-order valence-corrected chi connectivity index (χ3v) is 6.30. The standard InChI is InChI=1S/C19H27N3O3/c1-4-18(2,3)13-7-9-19(10-8-13)16(24)22(17(25)21-19)12-15(23)14-6-5-11-20-14/h5-6,11,13,20H,4,7-10,12H2,1-3H3,(H,21,25). The second-order valence-electron chi connectivity index (χ2n) is 8.03. The van der Waals surface area contributed by atoms with E-state index in [1.54, 1.807) is 18.3 Å². The van der Waals surface area contributed by atoms with Crippen LogP contribution >= 0.6 is 0 Å². The zero-order chi connectivity index (χ0) is 18.2. The zero-order valence-electron chi connectivity index (χ0n) is 15.2. The lowest BCUT2D eigenvalue weighted by Crippen LogP contribution is -2.51. The molecule has 136 valence electrons. The predicted molar refractivity (Wildman–Crippen MR) is 94.1 cm³/mol. The molecule has 0 unspecified atom stereocenters. The molecule has 1 saturated heterocycles. The summed E-state index contributed by atoms with van der Waals surface area (Å²) < 4.78 is 0. The summed E-state index contributed by atoms with van der Waals surface area (Å²) in [5, 5.41) is 2.88. The number of Topliss-reactive ketones (excluding diaryl/α,β-unsaturated/α-hetero) is 1. The average Bonchev–Trinajstić information content (AvgIpc) is 3.19. The summed E-state index contributed by atoms with van der Waals surface area (Å²) in [5.41, 5.74) is -0.154. The van der Waals surface area contributed by atoms with Crippen molar-refractivity contribution in [2.75, 3.05) is 6.54 Å². The molecule has 2 aliphatic rings. The number of H-pyrrole nitrogens is 1. The molecule has 0 bridgehead atoms. The Morgan fingerprint density at radius 3 is 2.56 bits per heavy atom. The summed E-state index contributed by atoms with van der Waals surface area (Å²) in [7, 11) is 0. The van der Waals surface area contributed by atoms with Gasteiger partial charge in [0.15, 0.2) is 5.78 Å². The molecule has 1 spiro atoms. The highest BCUT2D eigenvalue weighted by Gasteiger charge is 2.53. The van der Waals surface area contributed by atoms with E-state index in [0.29, 0.717) is 24.5 Å². The van der Waals surface area contributed by atoms with Crippen molar-refractivity contribution in [2.24, 2.45) is 11.3 Å². The molecule has 0 radical (unpaired) electrons. The van der Waals surface area contributed by atoms with Crippen LogP contribution in [-0.2, 0) is 4.79 Å². The van der Waals surface area contributed by atoms with Crippen LogP contribution in [0.2, 0.25) is 0 Å². The van der Waals surface area contributed by atoms with Crippen molar-refractivity contribution in [2.45, 2.75) is 58.4 Å². The van der Waals surface area contributed by atoms with Gasteiger partial charge in [0, 0.05) is 6.20 Å². The summed E-state index contributed by atoms with van der Waals surface area (Å²) in [6, 6.07) is 2.92. The van der Waals surface area contributed by atoms with Crippen LogP contribution in [0.15, 0.2) is 18.3 Å². The molecule has 6 heteroatoms. The van der Waals surface area contributed by atoms with Gasteiger partial charge >= 0.3 is 6.03 Å². The summed E-state index contributed by atoms with van der Waals surface area (Å²) in [6.07, 6.45) is 5.90. The molecule has 6 nitrogen and oxygen atoms in total. The third-order valence-electron chi connectivity index (χ3n) is 6.30. The number of ketones is 1. The quantitative estimate of drug-likeness (QED) is 0.635. The number of aromatic nitrogens is 1. The average molecular weight is 345 g/mol. The van der Waals surface area contributed by atoms with Gasteiger partial charge in [0.2, 0.25) is 0 Å². The van der Waals surface area contributed by atoms with Gasteiger partial charge in [-0.3, -0.25) is 14.5 Å². The maximum absolute atomic E-state index is 12.9. The smallest absolute Gasteiger partial charge is 0.325 e. The van der Waals surface area contributed by atoms with E-state index >= 15 is 0 Å². The van der Waals surface area contributed by atoms with Crippen LogP contribution in [0, 0.1) is 11.3 Å². The van der Waals surface area contributed by atoms with Crippen LogP contribution in [0.4, 0.5) is 4.79 Å². The van der Waals surface area contributed by atoms with Gasteiger partial charge in [0.25, 0.3) is 5.91 Å². The number of nitrogens with zero attached hydrogens (tertiary/aromatic N) is 1. The molecule has 0 aromatic carbocycles. The van der Waals surface area contributed by atoms with E-state index in [0.717, 1.165) is 24.2 Å². The van der Waals surface area contributed by atoms with Crippen molar-refractivity contribution in [3.63, 3.8) is 0 Å². The van der Waals surface area contributed by atoms with E-state index in [9.17, 15) is 14.4 Å². The normalized spacial score (nSPS) is 27.0. The second-order valence-corrected chi connectivity index (χ2v) is 8.03. The maximum Gasteiger partial charge on any atom is 0.325 e. The van der Waals surface area contributed by atoms with Gasteiger partial charge in [-0.2, -0.15) is 0 Å². The Labute approximate surface area is 148 Å². The Morgan fingerprint density at radius 2 is 2.00 bits per heavy atom. The molecule has 1 aromatic heterocycles. The number of amides is 3. The van der Waals surface area contributed by atoms with E-state index < -0.39 is 11.6 Å². The van der Waals surface area contributed by atoms with E-state index in [-0.39, 0.29) is 23.7 Å². The highest BCUT2D eigenvalue weighted by atomic mass is 16.2. The number of carbonyl (C=O) groups is 3. The molecular formula is C19H27N3O3. The minimum absolute atomic E-state index is 0.211. The molecule has 2 fully saturated rings. The van der Waals surface area contributed by atoms with Gasteiger partial charge in [-0.05, 0) is 49.1 Å². The molecule has 1 aliphatic heterocycles. The summed E-state index contributed by atoms with van der Waals surface area (Å²) >= 11 is 0. The van der Waals surface area contributed by atoms with Crippen molar-refractivity contribution >= 4 is 17.7 Å². The van der Waals surface area contributed by atoms with Crippen LogP contribution in [0.5, 0.6) is 0 Å². The lowest BCUT2D eigenvalue weighted by Gasteiger charge is -2.42. The molecule has 0 atom stereocenters. The minimum atomic E-state index is -0.812. The highest BCUT2D eigenvalue weighted by molar-refractivity contribution is 6.10. The molecule has 3 rings (SSSR count). The van der Waals surface area contributed by atoms with Gasteiger partial charge < -0.3 is 10.3 Å². The zero-order valence-corrected chi connectivity index (χ0v) is 15.2. The Balaban J connectivity index is 1.68. The molecule has 25 heavy (non-hydrogen) atoms. The fourth-order valence-electron chi connectivity index (χ4n) is 4.07. The van der Waals surface area contributed by atoms with Crippen LogP contribution in [0.3, 0.4) is 0 Å². The largest absolute Gasteiger partial charge is 0.359 e. The first-order valence-corrected chi connectivity index (χ1v) is 9.10. The van der Waals surface area contributed by atoms with Crippen molar-refractivity contribution in [1.82, 2.24) is 15.2 Å². The first-order chi connectivity index (χ1) is 11.8. The number of hydrogen-bond acceptors (Lipinski definition) is 3. The molecular weight excluding hydrogens is 318 g/mol. The first kappa shape index (κ1) is 17.7. The van der Waals surface area contributed by atoms with Gasteiger partial charge in [-0.25, -0.2) is 4.79 Å². The third kappa shape index (κ3) is 3.10. The van der Waals surface area contributed by atoms with E-state index in [4.69, 9.17) is 0 Å². The molecule has 2 heterocycles. The molecule has 1 aromatic rings. The van der Waals surface area contributed by atoms with Crippen LogP contribution < -0.4 is 5.32 Å². The van der Waals surface area contributed by atoms with Crippen LogP contribution in [0.1, 0.15) is 63.4 Å². The monoisotopic (exact) mass is 345 g/mol. The van der Waals surface area contributed by atoms with Crippen molar-refractivity contribution in [3.8, 4) is 0 Å². The van der Waals surface area contributed by atoms with Crippen molar-refractivity contribution in [3.05, 3.63) is 24.0 Å². The molecule has 1 aliphatic carbocycles.